The average molecular weight is 775 g/mol. The molecule has 0 saturated heterocycles. The van der Waals surface area contributed by atoms with Crippen LogP contribution in [0, 0.1) is 22.7 Å². The van der Waals surface area contributed by atoms with E-state index in [-0.39, 0.29) is 0 Å². The lowest BCUT2D eigenvalue weighted by Crippen LogP contribution is -2.10. The van der Waals surface area contributed by atoms with Crippen LogP contribution in [0.5, 0.6) is 0 Å². The molecule has 0 fully saturated rings. The van der Waals surface area contributed by atoms with Crippen molar-refractivity contribution in [2.24, 2.45) is 0 Å². The second-order valence-electron chi connectivity index (χ2n) is 14.9. The molecule has 4 nitrogen and oxygen atoms in total. The fourth-order valence-corrected chi connectivity index (χ4v) is 11.6. The topological polar surface area (TPSA) is 57.4 Å². The standard InChI is InChI=1S/C52H30N4S2/c53-29-32-24-33(30-54)52(56-43-21-9-3-7-17-35(43)39-28-49-41(26-45(39)56)37-19-11-13-23-47(37)58-49)50(31-14-4-1-5-15-31)51(32)55-42-20-8-2-6-16-34(42)38-27-48-40(25-44(38)55)36-18-10-12-22-46(36)57-48/h1,4-28H,2-3H2. The lowest BCUT2D eigenvalue weighted by Gasteiger charge is -2.23. The number of nitrogens with zero attached hydrogens (tertiary/aromatic N) is 4. The van der Waals surface area contributed by atoms with Gasteiger partial charge in [0.25, 0.3) is 0 Å². The number of aromatic nitrogens is 2. The summed E-state index contributed by atoms with van der Waals surface area (Å²) in [5.74, 6) is 0. The Morgan fingerprint density at radius 2 is 0.914 bits per heavy atom. The zero-order valence-electron chi connectivity index (χ0n) is 31.0. The van der Waals surface area contributed by atoms with Crippen LogP contribution in [0.3, 0.4) is 0 Å². The van der Waals surface area contributed by atoms with Crippen LogP contribution >= 0.6 is 22.7 Å². The van der Waals surface area contributed by atoms with Crippen molar-refractivity contribution in [3.05, 3.63) is 167 Å². The summed E-state index contributed by atoms with van der Waals surface area (Å²) >= 11 is 3.63. The van der Waals surface area contributed by atoms with Crippen LogP contribution in [-0.2, 0) is 0 Å². The van der Waals surface area contributed by atoms with Crippen LogP contribution in [0.2, 0.25) is 0 Å². The lowest BCUT2D eigenvalue weighted by atomic mass is 9.93. The Hall–Kier alpha value is -7.22. The molecular weight excluding hydrogens is 745 g/mol. The summed E-state index contributed by atoms with van der Waals surface area (Å²) in [4.78, 5) is 0. The van der Waals surface area contributed by atoms with E-state index in [1.165, 1.54) is 40.3 Å². The first-order chi connectivity index (χ1) is 28.7. The highest BCUT2D eigenvalue weighted by Crippen LogP contribution is 2.48. The van der Waals surface area contributed by atoms with Crippen LogP contribution in [0.1, 0.15) is 46.5 Å². The third-order valence-corrected chi connectivity index (χ3v) is 14.0. The maximum Gasteiger partial charge on any atom is 0.101 e. The van der Waals surface area contributed by atoms with Crippen molar-refractivity contribution in [1.29, 1.82) is 10.5 Å². The second kappa shape index (κ2) is 12.6. The molecule has 58 heavy (non-hydrogen) atoms. The number of allylic oxidation sites excluding steroid dienone is 4. The van der Waals surface area contributed by atoms with Gasteiger partial charge in [0, 0.05) is 67.8 Å². The second-order valence-corrected chi connectivity index (χ2v) is 17.1. The Kier molecular flexibility index (Phi) is 7.19. The van der Waals surface area contributed by atoms with Crippen molar-refractivity contribution in [2.75, 3.05) is 0 Å². The van der Waals surface area contributed by atoms with Gasteiger partial charge in [0.05, 0.1) is 44.9 Å². The van der Waals surface area contributed by atoms with Gasteiger partial charge in [0.2, 0.25) is 0 Å². The van der Waals surface area contributed by atoms with Crippen LogP contribution in [-0.4, -0.2) is 9.13 Å². The largest absolute Gasteiger partial charge is 0.307 e. The van der Waals surface area contributed by atoms with E-state index in [9.17, 15) is 10.5 Å². The van der Waals surface area contributed by atoms with E-state index in [4.69, 9.17) is 0 Å². The lowest BCUT2D eigenvalue weighted by molar-refractivity contribution is 1.06. The van der Waals surface area contributed by atoms with Crippen LogP contribution in [0.4, 0.5) is 0 Å². The molecular formula is C52H30N4S2. The first-order valence-electron chi connectivity index (χ1n) is 19.4. The minimum atomic E-state index is 0.444. The van der Waals surface area contributed by atoms with Gasteiger partial charge >= 0.3 is 0 Å². The van der Waals surface area contributed by atoms with E-state index >= 15 is 0 Å². The highest BCUT2D eigenvalue weighted by Gasteiger charge is 2.30. The Morgan fingerprint density at radius 3 is 1.41 bits per heavy atom. The van der Waals surface area contributed by atoms with E-state index in [0.29, 0.717) is 11.1 Å². The van der Waals surface area contributed by atoms with E-state index in [0.717, 1.165) is 79.7 Å². The maximum atomic E-state index is 11.2. The molecule has 6 aromatic carbocycles. The first kappa shape index (κ1) is 33.0. The quantitative estimate of drug-likeness (QED) is 0.179. The maximum absolute atomic E-state index is 11.2. The van der Waals surface area contributed by atoms with E-state index in [1.54, 1.807) is 0 Å². The van der Waals surface area contributed by atoms with E-state index < -0.39 is 0 Å². The first-order valence-corrected chi connectivity index (χ1v) is 21.1. The fraction of sp³-hybridized carbons (Fsp3) is 0.0385. The molecule has 12 rings (SSSR count). The van der Waals surface area contributed by atoms with Crippen molar-refractivity contribution in [2.45, 2.75) is 12.8 Å². The molecule has 10 aromatic rings. The van der Waals surface area contributed by atoms with Crippen molar-refractivity contribution in [1.82, 2.24) is 9.13 Å². The van der Waals surface area contributed by atoms with Crippen molar-refractivity contribution >= 4 is 109 Å². The van der Waals surface area contributed by atoms with Gasteiger partial charge in [-0.25, -0.2) is 0 Å². The van der Waals surface area contributed by atoms with Gasteiger partial charge in [0.15, 0.2) is 0 Å². The van der Waals surface area contributed by atoms with Gasteiger partial charge in [-0.05, 0) is 73.0 Å². The van der Waals surface area contributed by atoms with Gasteiger partial charge in [-0.3, -0.25) is 0 Å². The monoisotopic (exact) mass is 774 g/mol. The Bertz CT molecular complexity index is 3420. The molecule has 0 aliphatic heterocycles. The Morgan fingerprint density at radius 1 is 0.448 bits per heavy atom. The molecule has 270 valence electrons. The molecule has 0 atom stereocenters. The van der Waals surface area contributed by atoms with Gasteiger partial charge in [-0.2, -0.15) is 10.5 Å². The van der Waals surface area contributed by atoms with Gasteiger partial charge < -0.3 is 9.13 Å². The molecule has 0 amide bonds. The molecule has 0 spiro atoms. The van der Waals surface area contributed by atoms with Crippen LogP contribution in [0.15, 0.2) is 133 Å². The normalized spacial score (nSPS) is 13.4. The molecule has 4 heterocycles. The summed E-state index contributed by atoms with van der Waals surface area (Å²) in [7, 11) is 0. The van der Waals surface area contributed by atoms with E-state index in [2.05, 4.69) is 155 Å². The number of benzene rings is 6. The molecule has 0 bridgehead atoms. The highest BCUT2D eigenvalue weighted by molar-refractivity contribution is 7.26. The van der Waals surface area contributed by atoms with Crippen molar-refractivity contribution < 1.29 is 0 Å². The highest BCUT2D eigenvalue weighted by atomic mass is 32.1. The van der Waals surface area contributed by atoms with Crippen molar-refractivity contribution in [3.8, 4) is 34.6 Å². The predicted octanol–water partition coefficient (Wildman–Crippen LogP) is 14.6. The molecule has 6 heteroatoms. The van der Waals surface area contributed by atoms with Crippen LogP contribution < -0.4 is 0 Å². The summed E-state index contributed by atoms with van der Waals surface area (Å²) < 4.78 is 9.56. The summed E-state index contributed by atoms with van der Waals surface area (Å²) in [6, 6.07) is 43.8. The Labute approximate surface area is 341 Å². The fourth-order valence-electron chi connectivity index (χ4n) is 9.32. The third kappa shape index (κ3) is 4.65. The summed E-state index contributed by atoms with van der Waals surface area (Å²) in [6.45, 7) is 0. The number of fused-ring (bicyclic) bond motifs is 12. The Balaban J connectivity index is 1.30. The number of rotatable bonds is 3. The average Bonchev–Trinajstić information content (AvgIpc) is 3.85. The van der Waals surface area contributed by atoms with E-state index in [1.807, 2.05) is 46.9 Å². The zero-order valence-corrected chi connectivity index (χ0v) is 32.7. The summed E-state index contributed by atoms with van der Waals surface area (Å²) in [5.41, 5.74) is 10.5. The molecule has 0 radical (unpaired) electrons. The smallest absolute Gasteiger partial charge is 0.101 e. The SMILES string of the molecule is N#Cc1cc(C#N)c(-n2c3c(c4cc5sc6ccccc6c5cc42)C=CCC=C3)c(-c2ccccc2)c1-n1c2c(c3cc4sc5ccccc5c4cc31)C=CCC=C2. The molecule has 2 aliphatic rings. The number of thiophene rings is 2. The summed E-state index contributed by atoms with van der Waals surface area (Å²) in [5, 5.41) is 29.5. The minimum Gasteiger partial charge on any atom is -0.307 e. The van der Waals surface area contributed by atoms with Gasteiger partial charge in [-0.15, -0.1) is 22.7 Å². The third-order valence-electron chi connectivity index (χ3n) is 11.8. The number of hydrogen-bond donors (Lipinski definition) is 0. The number of nitriles is 2. The minimum absolute atomic E-state index is 0.444. The molecule has 0 saturated carbocycles. The molecule has 0 unspecified atom stereocenters. The van der Waals surface area contributed by atoms with Crippen LogP contribution in [0.25, 0.3) is 109 Å². The molecule has 0 N–H and O–H groups in total. The van der Waals surface area contributed by atoms with Gasteiger partial charge in [-0.1, -0.05) is 103 Å². The number of hydrogen-bond acceptors (Lipinski definition) is 4. The molecule has 2 aliphatic carbocycles. The van der Waals surface area contributed by atoms with Gasteiger partial charge in [0.1, 0.15) is 12.1 Å². The summed E-state index contributed by atoms with van der Waals surface area (Å²) in [6.07, 6.45) is 19.3. The predicted molar refractivity (Wildman–Crippen MR) is 246 cm³/mol. The molecule has 4 aromatic heterocycles. The zero-order chi connectivity index (χ0) is 38.5. The van der Waals surface area contributed by atoms with Crippen molar-refractivity contribution in [3.63, 3.8) is 0 Å².